The number of halogens is 1. The van der Waals surface area contributed by atoms with Crippen molar-refractivity contribution in [2.45, 2.75) is 26.7 Å². The Morgan fingerprint density at radius 3 is 2.63 bits per heavy atom. The van der Waals surface area contributed by atoms with Gasteiger partial charge in [0.25, 0.3) is 0 Å². The van der Waals surface area contributed by atoms with Crippen molar-refractivity contribution in [1.29, 1.82) is 0 Å². The summed E-state index contributed by atoms with van der Waals surface area (Å²) < 4.78 is 13.3. The molecule has 0 radical (unpaired) electrons. The second kappa shape index (κ2) is 4.72. The molecule has 0 spiro atoms. The van der Waals surface area contributed by atoms with Gasteiger partial charge in [0, 0.05) is 6.54 Å². The van der Waals surface area contributed by atoms with Gasteiger partial charge < -0.3 is 16.2 Å². The van der Waals surface area contributed by atoms with Gasteiger partial charge in [-0.1, -0.05) is 13.8 Å². The summed E-state index contributed by atoms with van der Waals surface area (Å²) in [5, 5.41) is 12.3. The Morgan fingerprint density at radius 1 is 1.53 bits per heavy atom. The molecule has 0 saturated heterocycles. The van der Waals surface area contributed by atoms with E-state index >= 15 is 0 Å². The number of hydrogen-bond acceptors (Lipinski definition) is 3. The van der Waals surface area contributed by atoms with Gasteiger partial charge in [-0.2, -0.15) is 0 Å². The molecule has 0 unspecified atom stereocenters. The van der Waals surface area contributed by atoms with Crippen molar-refractivity contribution in [2.75, 3.05) is 17.6 Å². The summed E-state index contributed by atoms with van der Waals surface area (Å²) in [5.74, 6) is -1.38. The minimum absolute atomic E-state index is 0.181. The van der Waals surface area contributed by atoms with Crippen molar-refractivity contribution in [1.82, 2.24) is 0 Å². The van der Waals surface area contributed by atoms with Crippen LogP contribution in [0.1, 0.15) is 37.0 Å². The van der Waals surface area contributed by atoms with Crippen LogP contribution in [0.25, 0.3) is 0 Å². The van der Waals surface area contributed by atoms with Crippen molar-refractivity contribution in [3.05, 3.63) is 23.5 Å². The van der Waals surface area contributed by atoms with Crippen LogP contribution in [0, 0.1) is 17.2 Å². The van der Waals surface area contributed by atoms with Crippen molar-refractivity contribution < 1.29 is 14.3 Å². The van der Waals surface area contributed by atoms with Gasteiger partial charge in [-0.25, -0.2) is 9.18 Å². The van der Waals surface area contributed by atoms with Gasteiger partial charge in [0.1, 0.15) is 11.4 Å². The Labute approximate surface area is 111 Å². The van der Waals surface area contributed by atoms with E-state index in [1.807, 2.05) is 0 Å². The van der Waals surface area contributed by atoms with Crippen molar-refractivity contribution in [3.8, 4) is 0 Å². The number of carbonyl (C=O) groups is 1. The fourth-order valence-electron chi connectivity index (χ4n) is 2.36. The molecule has 1 aromatic carbocycles. The van der Waals surface area contributed by atoms with E-state index in [4.69, 9.17) is 10.8 Å². The summed E-state index contributed by atoms with van der Waals surface area (Å²) in [6.45, 7) is 5.01. The van der Waals surface area contributed by atoms with Gasteiger partial charge in [-0.3, -0.25) is 0 Å². The van der Waals surface area contributed by atoms with E-state index < -0.39 is 11.8 Å². The number of nitrogens with two attached hydrogens (primary N) is 1. The van der Waals surface area contributed by atoms with Gasteiger partial charge in [0.15, 0.2) is 0 Å². The molecule has 4 nitrogen and oxygen atoms in total. The molecule has 0 aromatic heterocycles. The van der Waals surface area contributed by atoms with Crippen LogP contribution in [0.15, 0.2) is 12.1 Å². The standard InChI is InChI=1S/C14H19FN2O2/c1-8(2)14(5-6-14)7-17-10-4-3-9(15)12(16)11(10)13(18)19/h3-4,8,17H,5-7,16H2,1-2H3,(H,18,19). The van der Waals surface area contributed by atoms with Crippen LogP contribution >= 0.6 is 0 Å². The first-order valence-corrected chi connectivity index (χ1v) is 6.42. The molecule has 5 heteroatoms. The first-order chi connectivity index (χ1) is 8.87. The van der Waals surface area contributed by atoms with Crippen molar-refractivity contribution in [2.24, 2.45) is 11.3 Å². The topological polar surface area (TPSA) is 75.3 Å². The normalized spacial score (nSPS) is 16.4. The van der Waals surface area contributed by atoms with Crippen LogP contribution in [-0.2, 0) is 0 Å². The minimum atomic E-state index is -1.21. The molecular weight excluding hydrogens is 247 g/mol. The lowest BCUT2D eigenvalue weighted by Crippen LogP contribution is -2.22. The van der Waals surface area contributed by atoms with Crippen molar-refractivity contribution >= 4 is 17.3 Å². The van der Waals surface area contributed by atoms with E-state index in [1.54, 1.807) is 0 Å². The highest BCUT2D eigenvalue weighted by Gasteiger charge is 2.45. The number of nitrogen functional groups attached to an aromatic ring is 1. The lowest BCUT2D eigenvalue weighted by Gasteiger charge is -2.21. The molecular formula is C14H19FN2O2. The zero-order chi connectivity index (χ0) is 14.2. The molecule has 1 fully saturated rings. The van der Waals surface area contributed by atoms with Crippen LogP contribution in [0.4, 0.5) is 15.8 Å². The van der Waals surface area contributed by atoms with Gasteiger partial charge in [0.05, 0.1) is 11.4 Å². The van der Waals surface area contributed by atoms with E-state index in [2.05, 4.69) is 19.2 Å². The molecule has 1 saturated carbocycles. The van der Waals surface area contributed by atoms with Gasteiger partial charge in [0.2, 0.25) is 0 Å². The van der Waals surface area contributed by atoms with Gasteiger partial charge >= 0.3 is 5.97 Å². The second-order valence-corrected chi connectivity index (χ2v) is 5.56. The summed E-state index contributed by atoms with van der Waals surface area (Å²) in [6, 6.07) is 2.63. The fraction of sp³-hybridized carbons (Fsp3) is 0.500. The average molecular weight is 266 g/mol. The van der Waals surface area contributed by atoms with E-state index in [0.29, 0.717) is 18.2 Å². The number of anilines is 2. The maximum Gasteiger partial charge on any atom is 0.340 e. The van der Waals surface area contributed by atoms with Crippen LogP contribution < -0.4 is 11.1 Å². The average Bonchev–Trinajstić information content (AvgIpc) is 3.11. The molecule has 0 amide bonds. The molecule has 4 N–H and O–H groups in total. The van der Waals surface area contributed by atoms with Crippen LogP contribution in [0.2, 0.25) is 0 Å². The van der Waals surface area contributed by atoms with Crippen molar-refractivity contribution in [3.63, 3.8) is 0 Å². The number of hydrogen-bond donors (Lipinski definition) is 3. The Bertz CT molecular complexity index is 510. The molecule has 2 rings (SSSR count). The number of carboxylic acids is 1. The van der Waals surface area contributed by atoms with E-state index in [1.165, 1.54) is 12.1 Å². The van der Waals surface area contributed by atoms with Crippen LogP contribution in [0.3, 0.4) is 0 Å². The van der Waals surface area contributed by atoms with E-state index in [9.17, 15) is 9.18 Å². The summed E-state index contributed by atoms with van der Waals surface area (Å²) in [5.41, 5.74) is 5.63. The van der Waals surface area contributed by atoms with Gasteiger partial charge in [-0.05, 0) is 36.3 Å². The monoisotopic (exact) mass is 266 g/mol. The van der Waals surface area contributed by atoms with E-state index in [-0.39, 0.29) is 16.7 Å². The van der Waals surface area contributed by atoms with Gasteiger partial charge in [-0.15, -0.1) is 0 Å². The lowest BCUT2D eigenvalue weighted by molar-refractivity contribution is 0.0698. The zero-order valence-corrected chi connectivity index (χ0v) is 11.2. The molecule has 0 bridgehead atoms. The third kappa shape index (κ3) is 2.50. The van der Waals surface area contributed by atoms with E-state index in [0.717, 1.165) is 12.8 Å². The number of carboxylic acid groups (broad SMARTS) is 1. The quantitative estimate of drug-likeness (QED) is 0.716. The summed E-state index contributed by atoms with van der Waals surface area (Å²) in [7, 11) is 0. The summed E-state index contributed by atoms with van der Waals surface area (Å²) >= 11 is 0. The fourth-order valence-corrected chi connectivity index (χ4v) is 2.36. The molecule has 1 aliphatic rings. The first kappa shape index (κ1) is 13.6. The zero-order valence-electron chi connectivity index (χ0n) is 11.2. The SMILES string of the molecule is CC(C)C1(CNc2ccc(F)c(N)c2C(=O)O)CC1. The number of rotatable bonds is 5. The number of benzene rings is 1. The second-order valence-electron chi connectivity index (χ2n) is 5.56. The molecule has 19 heavy (non-hydrogen) atoms. The predicted molar refractivity (Wildman–Crippen MR) is 72.8 cm³/mol. The minimum Gasteiger partial charge on any atom is -0.478 e. The largest absolute Gasteiger partial charge is 0.478 e. The maximum absolute atomic E-state index is 13.3. The third-order valence-electron chi connectivity index (χ3n) is 4.15. The lowest BCUT2D eigenvalue weighted by atomic mass is 9.92. The summed E-state index contributed by atoms with van der Waals surface area (Å²) in [4.78, 5) is 11.2. The Kier molecular flexibility index (Phi) is 3.39. The predicted octanol–water partition coefficient (Wildman–Crippen LogP) is 2.95. The smallest absolute Gasteiger partial charge is 0.340 e. The molecule has 104 valence electrons. The molecule has 0 atom stereocenters. The number of aromatic carboxylic acids is 1. The highest BCUT2D eigenvalue weighted by Crippen LogP contribution is 2.51. The molecule has 0 aliphatic heterocycles. The first-order valence-electron chi connectivity index (χ1n) is 6.42. The maximum atomic E-state index is 13.3. The third-order valence-corrected chi connectivity index (χ3v) is 4.15. The van der Waals surface area contributed by atoms with Crippen LogP contribution in [0.5, 0.6) is 0 Å². The highest BCUT2D eigenvalue weighted by atomic mass is 19.1. The van der Waals surface area contributed by atoms with Crippen LogP contribution in [-0.4, -0.2) is 17.6 Å². The Hall–Kier alpha value is -1.78. The highest BCUT2D eigenvalue weighted by molar-refractivity contribution is 6.00. The summed E-state index contributed by atoms with van der Waals surface area (Å²) in [6.07, 6.45) is 2.27. The molecule has 1 aliphatic carbocycles. The Morgan fingerprint density at radius 2 is 2.16 bits per heavy atom. The number of nitrogens with one attached hydrogen (secondary N) is 1. The Balaban J connectivity index is 2.21. The molecule has 0 heterocycles. The molecule has 1 aromatic rings.